The van der Waals surface area contributed by atoms with E-state index < -0.39 is 54.1 Å². The SMILES string of the molecule is CC(C)C[C@H]1NC(=O)C[C@@H](C(=O)NCCc2ccccc2)NC(=O)c2ccccc2OC[C@@H](Cc2ccccc2)NC(=O)CN(C)C1=O. The molecule has 3 atom stereocenters. The zero-order valence-corrected chi connectivity index (χ0v) is 27.7. The first-order valence-corrected chi connectivity index (χ1v) is 16.3. The van der Waals surface area contributed by atoms with Crippen molar-refractivity contribution >= 4 is 29.5 Å². The molecule has 5 amide bonds. The normalized spacial score (nSPS) is 19.7. The smallest absolute Gasteiger partial charge is 0.255 e. The standard InChI is InChI=1S/C37H45N5O6/c1-25(2)20-31-37(47)42(3)23-34(44)39-28(21-27-14-8-5-9-15-27)24-48-32-17-11-10-16-29(32)35(45)41-30(22-33(43)40-31)36(46)38-19-18-26-12-6-4-7-13-26/h4-17,25,28,30-31H,18-24H2,1-3H3,(H,38,46)(H,39,44)(H,40,43)(H,41,45)/t28-,30+,31-/m1/s1. The topological polar surface area (TPSA) is 146 Å². The van der Waals surface area contributed by atoms with Crippen molar-refractivity contribution in [2.75, 3.05) is 26.7 Å². The number of likely N-dealkylation sites (N-methyl/N-ethyl adjacent to an activating group) is 1. The van der Waals surface area contributed by atoms with Crippen LogP contribution in [0.15, 0.2) is 84.9 Å². The average Bonchev–Trinajstić information content (AvgIpc) is 3.06. The highest BCUT2D eigenvalue weighted by molar-refractivity contribution is 6.01. The fourth-order valence-electron chi connectivity index (χ4n) is 5.53. The van der Waals surface area contributed by atoms with Gasteiger partial charge in [-0.1, -0.05) is 86.6 Å². The lowest BCUT2D eigenvalue weighted by molar-refractivity contribution is -0.139. The van der Waals surface area contributed by atoms with Crippen LogP contribution in [0.1, 0.15) is 48.2 Å². The van der Waals surface area contributed by atoms with Crippen molar-refractivity contribution in [3.63, 3.8) is 0 Å². The van der Waals surface area contributed by atoms with Crippen LogP contribution in [0.25, 0.3) is 0 Å². The maximum Gasteiger partial charge on any atom is 0.255 e. The van der Waals surface area contributed by atoms with Gasteiger partial charge in [-0.25, -0.2) is 0 Å². The molecule has 4 rings (SSSR count). The minimum Gasteiger partial charge on any atom is -0.491 e. The highest BCUT2D eigenvalue weighted by atomic mass is 16.5. The molecule has 11 heteroatoms. The molecule has 0 fully saturated rings. The molecule has 0 saturated carbocycles. The fraction of sp³-hybridized carbons (Fsp3) is 0.378. The number of para-hydroxylation sites is 1. The third-order valence-corrected chi connectivity index (χ3v) is 7.93. The number of nitrogens with zero attached hydrogens (tertiary/aromatic N) is 1. The minimum absolute atomic E-state index is 0.0298. The number of amides is 5. The van der Waals surface area contributed by atoms with Crippen LogP contribution in [-0.4, -0.2) is 79.3 Å². The van der Waals surface area contributed by atoms with Crippen LogP contribution in [0.3, 0.4) is 0 Å². The molecule has 1 aliphatic rings. The molecule has 11 nitrogen and oxygen atoms in total. The number of benzene rings is 3. The Kier molecular flexibility index (Phi) is 13.1. The molecule has 0 radical (unpaired) electrons. The summed E-state index contributed by atoms with van der Waals surface area (Å²) >= 11 is 0. The molecular weight excluding hydrogens is 610 g/mol. The Morgan fingerprint density at radius 3 is 2.19 bits per heavy atom. The molecule has 0 unspecified atom stereocenters. The Labute approximate surface area is 281 Å². The second-order valence-corrected chi connectivity index (χ2v) is 12.5. The second-order valence-electron chi connectivity index (χ2n) is 12.5. The number of rotatable bonds is 8. The molecule has 0 saturated heterocycles. The third kappa shape index (κ3) is 11.0. The molecule has 1 aliphatic heterocycles. The van der Waals surface area contributed by atoms with E-state index in [4.69, 9.17) is 4.74 Å². The zero-order valence-electron chi connectivity index (χ0n) is 27.7. The predicted molar refractivity (Wildman–Crippen MR) is 182 cm³/mol. The van der Waals surface area contributed by atoms with Crippen LogP contribution < -0.4 is 26.0 Å². The van der Waals surface area contributed by atoms with E-state index >= 15 is 0 Å². The monoisotopic (exact) mass is 655 g/mol. The van der Waals surface area contributed by atoms with Crippen molar-refractivity contribution in [3.8, 4) is 5.75 Å². The van der Waals surface area contributed by atoms with Crippen molar-refractivity contribution in [1.29, 1.82) is 0 Å². The van der Waals surface area contributed by atoms with Crippen LogP contribution in [0.2, 0.25) is 0 Å². The van der Waals surface area contributed by atoms with Gasteiger partial charge in [0.05, 0.1) is 24.6 Å². The predicted octanol–water partition coefficient (Wildman–Crippen LogP) is 2.64. The highest BCUT2D eigenvalue weighted by Crippen LogP contribution is 2.19. The Bertz CT molecular complexity index is 1550. The third-order valence-electron chi connectivity index (χ3n) is 7.93. The van der Waals surface area contributed by atoms with Gasteiger partial charge in [-0.2, -0.15) is 0 Å². The number of fused-ring (bicyclic) bond motifs is 1. The zero-order chi connectivity index (χ0) is 34.5. The van der Waals surface area contributed by atoms with Crippen LogP contribution in [-0.2, 0) is 32.0 Å². The molecule has 0 aromatic heterocycles. The number of carbonyl (C=O) groups is 5. The fourth-order valence-corrected chi connectivity index (χ4v) is 5.53. The first-order valence-electron chi connectivity index (χ1n) is 16.3. The van der Waals surface area contributed by atoms with Gasteiger partial charge in [0.25, 0.3) is 5.91 Å². The number of carbonyl (C=O) groups excluding carboxylic acids is 5. The van der Waals surface area contributed by atoms with E-state index in [9.17, 15) is 24.0 Å². The number of hydrogen-bond donors (Lipinski definition) is 4. The van der Waals surface area contributed by atoms with E-state index in [1.165, 1.54) is 11.9 Å². The van der Waals surface area contributed by atoms with Gasteiger partial charge in [-0.3, -0.25) is 24.0 Å². The molecule has 1 heterocycles. The number of nitrogens with one attached hydrogen (secondary N) is 4. The van der Waals surface area contributed by atoms with Gasteiger partial charge in [-0.05, 0) is 48.4 Å². The summed E-state index contributed by atoms with van der Waals surface area (Å²) in [4.78, 5) is 68.6. The van der Waals surface area contributed by atoms with E-state index in [1.807, 2.05) is 74.5 Å². The minimum atomic E-state index is -1.24. The van der Waals surface area contributed by atoms with E-state index in [0.29, 0.717) is 25.8 Å². The molecular formula is C37H45N5O6. The Hall–Kier alpha value is -5.19. The quantitative estimate of drug-likeness (QED) is 0.294. The average molecular weight is 656 g/mol. The summed E-state index contributed by atoms with van der Waals surface area (Å²) in [7, 11) is 1.51. The van der Waals surface area contributed by atoms with Gasteiger partial charge in [0.2, 0.25) is 23.6 Å². The summed E-state index contributed by atoms with van der Waals surface area (Å²) in [6.07, 6.45) is 0.909. The van der Waals surface area contributed by atoms with Gasteiger partial charge < -0.3 is 30.9 Å². The molecule has 4 N–H and O–H groups in total. The number of ether oxygens (including phenoxy) is 1. The van der Waals surface area contributed by atoms with Gasteiger partial charge in [0.1, 0.15) is 24.4 Å². The lowest BCUT2D eigenvalue weighted by atomic mass is 10.0. The molecule has 254 valence electrons. The van der Waals surface area contributed by atoms with E-state index in [0.717, 1.165) is 11.1 Å². The first kappa shape index (κ1) is 35.7. The van der Waals surface area contributed by atoms with Crippen LogP contribution in [0, 0.1) is 5.92 Å². The summed E-state index contributed by atoms with van der Waals surface area (Å²) in [5.74, 6) is -2.27. The van der Waals surface area contributed by atoms with E-state index in [2.05, 4.69) is 21.3 Å². The van der Waals surface area contributed by atoms with Gasteiger partial charge in [0.15, 0.2) is 0 Å². The molecule has 0 aliphatic carbocycles. The van der Waals surface area contributed by atoms with Gasteiger partial charge in [-0.15, -0.1) is 0 Å². The van der Waals surface area contributed by atoms with Crippen molar-refractivity contribution in [1.82, 2.24) is 26.2 Å². The molecule has 3 aromatic carbocycles. The summed E-state index contributed by atoms with van der Waals surface area (Å²) < 4.78 is 6.12. The van der Waals surface area contributed by atoms with Gasteiger partial charge in [0, 0.05) is 13.6 Å². The van der Waals surface area contributed by atoms with Crippen LogP contribution in [0.5, 0.6) is 5.75 Å². The maximum atomic E-state index is 13.7. The van der Waals surface area contributed by atoms with Crippen molar-refractivity contribution in [3.05, 3.63) is 102 Å². The maximum absolute atomic E-state index is 13.7. The van der Waals surface area contributed by atoms with Crippen molar-refractivity contribution < 1.29 is 28.7 Å². The van der Waals surface area contributed by atoms with Crippen LogP contribution in [0.4, 0.5) is 0 Å². The van der Waals surface area contributed by atoms with Crippen molar-refractivity contribution in [2.24, 2.45) is 5.92 Å². The first-order chi connectivity index (χ1) is 23.1. The summed E-state index contributed by atoms with van der Waals surface area (Å²) in [6.45, 7) is 3.92. The summed E-state index contributed by atoms with van der Waals surface area (Å²) in [5.41, 5.74) is 2.16. The lowest BCUT2D eigenvalue weighted by Gasteiger charge is -2.27. The van der Waals surface area contributed by atoms with Crippen molar-refractivity contribution in [2.45, 2.75) is 57.7 Å². The second kappa shape index (κ2) is 17.7. The Morgan fingerprint density at radius 2 is 1.50 bits per heavy atom. The Morgan fingerprint density at radius 1 is 0.854 bits per heavy atom. The van der Waals surface area contributed by atoms with E-state index in [1.54, 1.807) is 24.3 Å². The lowest BCUT2D eigenvalue weighted by Crippen LogP contribution is -2.53. The number of hydrogen-bond acceptors (Lipinski definition) is 6. The molecule has 0 spiro atoms. The molecule has 3 aromatic rings. The Balaban J connectivity index is 1.62. The summed E-state index contributed by atoms with van der Waals surface area (Å²) in [6, 6.07) is 23.1. The van der Waals surface area contributed by atoms with Crippen LogP contribution >= 0.6 is 0 Å². The largest absolute Gasteiger partial charge is 0.491 e. The van der Waals surface area contributed by atoms with E-state index in [-0.39, 0.29) is 30.4 Å². The highest BCUT2D eigenvalue weighted by Gasteiger charge is 2.31. The molecule has 48 heavy (non-hydrogen) atoms. The van der Waals surface area contributed by atoms with Gasteiger partial charge >= 0.3 is 0 Å². The molecule has 0 bridgehead atoms. The summed E-state index contributed by atoms with van der Waals surface area (Å²) in [5, 5.41) is 11.3.